The van der Waals surface area contributed by atoms with E-state index in [0.29, 0.717) is 25.4 Å². The molecule has 4 heterocycles. The fourth-order valence-electron chi connectivity index (χ4n) is 5.62. The zero-order chi connectivity index (χ0) is 28.4. The van der Waals surface area contributed by atoms with E-state index in [1.165, 1.54) is 12.1 Å². The van der Waals surface area contributed by atoms with Gasteiger partial charge >= 0.3 is 12.1 Å². The van der Waals surface area contributed by atoms with E-state index in [2.05, 4.69) is 9.88 Å². The third kappa shape index (κ3) is 6.22. The number of anilines is 1. The Morgan fingerprint density at radius 3 is 2.35 bits per heavy atom. The number of halogens is 4. The molecule has 2 aromatic heterocycles. The van der Waals surface area contributed by atoms with Crippen LogP contribution < -0.4 is 9.64 Å². The Kier molecular flexibility index (Phi) is 7.97. The molecule has 2 aliphatic rings. The van der Waals surface area contributed by atoms with Gasteiger partial charge in [-0.1, -0.05) is 0 Å². The van der Waals surface area contributed by atoms with Gasteiger partial charge in [-0.05, 0) is 56.3 Å². The lowest BCUT2D eigenvalue weighted by Crippen LogP contribution is -2.60. The molecule has 0 saturated carbocycles. The predicted octanol–water partition coefficient (Wildman–Crippen LogP) is 4.44. The number of hydrogen-bond donors (Lipinski definition) is 0. The number of hydrogen-bond acceptors (Lipinski definition) is 6. The average Bonchev–Trinajstić information content (AvgIpc) is 3.38. The summed E-state index contributed by atoms with van der Waals surface area (Å²) in [6.45, 7) is 5.86. The molecule has 12 heteroatoms. The largest absolute Gasteiger partial charge is 0.490 e. The minimum absolute atomic E-state index is 0.0295. The van der Waals surface area contributed by atoms with Crippen molar-refractivity contribution in [3.8, 4) is 11.4 Å². The molecule has 8 nitrogen and oxygen atoms in total. The molecule has 5 rings (SSSR count). The van der Waals surface area contributed by atoms with Gasteiger partial charge in [0.15, 0.2) is 5.82 Å². The summed E-state index contributed by atoms with van der Waals surface area (Å²) in [5, 5.41) is 4.74. The molecule has 3 aromatic rings. The number of piperidine rings is 1. The second-order valence-electron chi connectivity index (χ2n) is 10.5. The fourth-order valence-corrected chi connectivity index (χ4v) is 5.62. The van der Waals surface area contributed by atoms with Crippen LogP contribution in [0.15, 0.2) is 54.9 Å². The molecule has 1 amide bonds. The summed E-state index contributed by atoms with van der Waals surface area (Å²) in [6, 6.07) is 10.6. The maximum atomic E-state index is 13.2. The number of benzene rings is 1. The van der Waals surface area contributed by atoms with Crippen LogP contribution in [0.4, 0.5) is 23.4 Å². The third-order valence-corrected chi connectivity index (χ3v) is 7.37. The maximum Gasteiger partial charge on any atom is 0.471 e. The Morgan fingerprint density at radius 1 is 1.02 bits per heavy atom. The van der Waals surface area contributed by atoms with E-state index in [-0.39, 0.29) is 11.9 Å². The van der Waals surface area contributed by atoms with Crippen LogP contribution in [0, 0.1) is 5.82 Å². The number of alkyl halides is 3. The van der Waals surface area contributed by atoms with Gasteiger partial charge in [-0.2, -0.15) is 18.3 Å². The number of nitrogens with zero attached hydrogens (tertiary/aromatic N) is 6. The zero-order valence-corrected chi connectivity index (χ0v) is 22.4. The third-order valence-electron chi connectivity index (χ3n) is 7.37. The van der Waals surface area contributed by atoms with Crippen molar-refractivity contribution in [2.45, 2.75) is 57.6 Å². The number of carbonyl (C=O) groups is 1. The zero-order valence-electron chi connectivity index (χ0n) is 22.4. The Morgan fingerprint density at radius 2 is 1.70 bits per heavy atom. The maximum absolute atomic E-state index is 13.2. The Labute approximate surface area is 230 Å². The van der Waals surface area contributed by atoms with Crippen molar-refractivity contribution in [2.75, 3.05) is 31.1 Å². The average molecular weight is 561 g/mol. The lowest BCUT2D eigenvalue weighted by atomic mass is 10.1. The van der Waals surface area contributed by atoms with Crippen molar-refractivity contribution in [3.63, 3.8) is 0 Å². The molecule has 0 bridgehead atoms. The molecule has 2 fully saturated rings. The molecular formula is C28H32F4N6O2. The van der Waals surface area contributed by atoms with Gasteiger partial charge in [0.05, 0.1) is 5.69 Å². The summed E-state index contributed by atoms with van der Waals surface area (Å²) < 4.78 is 60.1. The summed E-state index contributed by atoms with van der Waals surface area (Å²) in [4.78, 5) is 21.7. The first-order valence-electron chi connectivity index (χ1n) is 13.4. The summed E-state index contributed by atoms with van der Waals surface area (Å²) >= 11 is 0. The molecule has 2 atom stereocenters. The number of aromatic nitrogens is 3. The first-order valence-corrected chi connectivity index (χ1v) is 13.4. The van der Waals surface area contributed by atoms with E-state index in [9.17, 15) is 22.4 Å². The first-order chi connectivity index (χ1) is 19.1. The van der Waals surface area contributed by atoms with Crippen LogP contribution in [0.1, 0.15) is 32.4 Å². The standard InChI is InChI=1S/C28H32F4N6O2/c1-19-16-35(17-20(2)38(19)27(39)28(30,31)32)18-22-9-15-37(34-22)25-4-3-12-33-26(25)36-13-10-24(11-14-36)40-23-7-5-21(29)6-8-23/h3-9,12,15,19-20,24H,10-11,13-14,16-18H2,1-2H3/t19-,20+. The highest BCUT2D eigenvalue weighted by molar-refractivity contribution is 5.82. The Bertz CT molecular complexity index is 1290. The van der Waals surface area contributed by atoms with E-state index in [1.807, 2.05) is 29.3 Å². The topological polar surface area (TPSA) is 66.7 Å². The van der Waals surface area contributed by atoms with E-state index in [4.69, 9.17) is 9.84 Å². The number of pyridine rings is 1. The summed E-state index contributed by atoms with van der Waals surface area (Å²) in [5.41, 5.74) is 1.60. The van der Waals surface area contributed by atoms with Crippen LogP contribution in [-0.2, 0) is 11.3 Å². The van der Waals surface area contributed by atoms with Gasteiger partial charge in [-0.3, -0.25) is 9.69 Å². The minimum atomic E-state index is -4.88. The SMILES string of the molecule is C[C@@H]1CN(Cc2ccn(-c3cccnc3N3CCC(Oc4ccc(F)cc4)CC3)n2)C[C@H](C)N1C(=O)C(F)(F)F. The van der Waals surface area contributed by atoms with Crippen LogP contribution in [0.3, 0.4) is 0 Å². The lowest BCUT2D eigenvalue weighted by Gasteiger charge is -2.44. The molecule has 0 spiro atoms. The Balaban J connectivity index is 1.21. The molecular weight excluding hydrogens is 528 g/mol. The summed E-state index contributed by atoms with van der Waals surface area (Å²) in [7, 11) is 0. The fraction of sp³-hybridized carbons (Fsp3) is 0.464. The van der Waals surface area contributed by atoms with Crippen LogP contribution in [0.25, 0.3) is 5.69 Å². The molecule has 2 saturated heterocycles. The van der Waals surface area contributed by atoms with E-state index < -0.39 is 24.2 Å². The first kappa shape index (κ1) is 27.9. The van der Waals surface area contributed by atoms with Crippen molar-refractivity contribution in [2.24, 2.45) is 0 Å². The number of carbonyl (C=O) groups excluding carboxylic acids is 1. The van der Waals surface area contributed by atoms with Crippen LogP contribution in [0.2, 0.25) is 0 Å². The second kappa shape index (κ2) is 11.4. The molecule has 0 aliphatic carbocycles. The minimum Gasteiger partial charge on any atom is -0.490 e. The second-order valence-corrected chi connectivity index (χ2v) is 10.5. The molecule has 0 unspecified atom stereocenters. The van der Waals surface area contributed by atoms with Gasteiger partial charge in [0, 0.05) is 70.0 Å². The van der Waals surface area contributed by atoms with E-state index in [0.717, 1.165) is 48.0 Å². The van der Waals surface area contributed by atoms with Crippen molar-refractivity contribution >= 4 is 11.7 Å². The highest BCUT2D eigenvalue weighted by Crippen LogP contribution is 2.28. The highest BCUT2D eigenvalue weighted by Gasteiger charge is 2.47. The van der Waals surface area contributed by atoms with Crippen molar-refractivity contribution in [1.82, 2.24) is 24.6 Å². The van der Waals surface area contributed by atoms with Gasteiger partial charge in [-0.25, -0.2) is 14.1 Å². The molecule has 0 radical (unpaired) electrons. The van der Waals surface area contributed by atoms with Gasteiger partial charge in [-0.15, -0.1) is 0 Å². The van der Waals surface area contributed by atoms with Gasteiger partial charge < -0.3 is 14.5 Å². The van der Waals surface area contributed by atoms with E-state index >= 15 is 0 Å². The van der Waals surface area contributed by atoms with Crippen molar-refractivity contribution in [3.05, 3.63) is 66.4 Å². The smallest absolute Gasteiger partial charge is 0.471 e. The molecule has 40 heavy (non-hydrogen) atoms. The molecule has 214 valence electrons. The van der Waals surface area contributed by atoms with Gasteiger partial charge in [0.1, 0.15) is 23.4 Å². The van der Waals surface area contributed by atoms with E-state index in [1.54, 1.807) is 36.9 Å². The normalized spacial score (nSPS) is 21.1. The Hall–Kier alpha value is -3.67. The molecule has 0 N–H and O–H groups in total. The number of rotatable bonds is 6. The van der Waals surface area contributed by atoms with Crippen LogP contribution >= 0.6 is 0 Å². The predicted molar refractivity (Wildman–Crippen MR) is 141 cm³/mol. The molecule has 2 aliphatic heterocycles. The summed E-state index contributed by atoms with van der Waals surface area (Å²) in [5.74, 6) is -0.624. The monoisotopic (exact) mass is 560 g/mol. The highest BCUT2D eigenvalue weighted by atomic mass is 19.4. The number of amides is 1. The molecule has 1 aromatic carbocycles. The lowest BCUT2D eigenvalue weighted by molar-refractivity contribution is -0.192. The van der Waals surface area contributed by atoms with Crippen molar-refractivity contribution in [1.29, 1.82) is 0 Å². The summed E-state index contributed by atoms with van der Waals surface area (Å²) in [6.07, 6.45) is 0.330. The quantitative estimate of drug-likeness (QED) is 0.416. The van der Waals surface area contributed by atoms with Crippen LogP contribution in [0.5, 0.6) is 5.75 Å². The number of piperazine rings is 1. The van der Waals surface area contributed by atoms with Crippen molar-refractivity contribution < 1.29 is 27.1 Å². The number of ether oxygens (including phenoxy) is 1. The van der Waals surface area contributed by atoms with Gasteiger partial charge in [0.2, 0.25) is 0 Å². The van der Waals surface area contributed by atoms with Gasteiger partial charge in [0.25, 0.3) is 0 Å². The van der Waals surface area contributed by atoms with Crippen LogP contribution in [-0.4, -0.2) is 81.0 Å².